The maximum atomic E-state index is 5.94. The van der Waals surface area contributed by atoms with Crippen molar-refractivity contribution in [2.75, 3.05) is 34.2 Å². The van der Waals surface area contributed by atoms with Gasteiger partial charge < -0.3 is 24.7 Å². The predicted molar refractivity (Wildman–Crippen MR) is 87.6 cm³/mol. The van der Waals surface area contributed by atoms with E-state index in [0.717, 1.165) is 9.79 Å². The second kappa shape index (κ2) is 7.17. The van der Waals surface area contributed by atoms with Crippen LogP contribution in [-0.2, 0) is 0 Å². The lowest BCUT2D eigenvalue weighted by Crippen LogP contribution is -1.95. The van der Waals surface area contributed by atoms with Gasteiger partial charge in [-0.1, -0.05) is 11.8 Å². The van der Waals surface area contributed by atoms with Crippen LogP contribution in [0.25, 0.3) is 0 Å². The molecule has 2 N–H and O–H groups in total. The van der Waals surface area contributed by atoms with Gasteiger partial charge in [0, 0.05) is 9.79 Å². The number of anilines is 1. The molecule has 0 atom stereocenters. The molecular formula is C16H19NO4S. The van der Waals surface area contributed by atoms with E-state index in [2.05, 4.69) is 0 Å². The van der Waals surface area contributed by atoms with Crippen molar-refractivity contribution in [2.45, 2.75) is 9.79 Å². The number of nitrogens with two attached hydrogens (primary N) is 1. The van der Waals surface area contributed by atoms with Crippen molar-refractivity contribution in [2.24, 2.45) is 0 Å². The quantitative estimate of drug-likeness (QED) is 0.822. The van der Waals surface area contributed by atoms with Gasteiger partial charge >= 0.3 is 0 Å². The van der Waals surface area contributed by atoms with Crippen molar-refractivity contribution in [1.82, 2.24) is 0 Å². The molecule has 2 aromatic carbocycles. The number of ether oxygens (including phenoxy) is 4. The van der Waals surface area contributed by atoms with E-state index >= 15 is 0 Å². The lowest BCUT2D eigenvalue weighted by Gasteiger charge is -2.14. The number of rotatable bonds is 6. The van der Waals surface area contributed by atoms with Crippen molar-refractivity contribution >= 4 is 17.4 Å². The molecule has 0 spiro atoms. The molecule has 0 aromatic heterocycles. The molecule has 2 rings (SSSR count). The summed E-state index contributed by atoms with van der Waals surface area (Å²) in [6.45, 7) is 0. The van der Waals surface area contributed by atoms with Crippen molar-refractivity contribution in [3.63, 3.8) is 0 Å². The number of hydrogen-bond acceptors (Lipinski definition) is 6. The highest BCUT2D eigenvalue weighted by atomic mass is 32.2. The number of methoxy groups -OCH3 is 4. The summed E-state index contributed by atoms with van der Waals surface area (Å²) >= 11 is 1.55. The molecule has 5 nitrogen and oxygen atoms in total. The summed E-state index contributed by atoms with van der Waals surface area (Å²) in [6, 6.07) is 9.45. The molecule has 22 heavy (non-hydrogen) atoms. The Hall–Kier alpha value is -2.21. The van der Waals surface area contributed by atoms with Crippen LogP contribution in [0.15, 0.2) is 40.1 Å². The number of benzene rings is 2. The van der Waals surface area contributed by atoms with E-state index in [1.165, 1.54) is 0 Å². The van der Waals surface area contributed by atoms with Gasteiger partial charge in [0.05, 0.1) is 34.1 Å². The van der Waals surface area contributed by atoms with E-state index in [1.807, 2.05) is 30.3 Å². The highest BCUT2D eigenvalue weighted by Crippen LogP contribution is 2.43. The monoisotopic (exact) mass is 321 g/mol. The van der Waals surface area contributed by atoms with Gasteiger partial charge in [-0.25, -0.2) is 0 Å². The SMILES string of the molecule is COc1ccc(Sc2cc(OC)c(OC)c(OC)c2)cc1N. The van der Waals surface area contributed by atoms with Crippen LogP contribution in [0, 0.1) is 0 Å². The number of hydrogen-bond donors (Lipinski definition) is 1. The maximum absolute atomic E-state index is 5.94. The second-order valence-corrected chi connectivity index (χ2v) is 5.51. The first-order valence-electron chi connectivity index (χ1n) is 6.54. The van der Waals surface area contributed by atoms with E-state index in [9.17, 15) is 0 Å². The van der Waals surface area contributed by atoms with Gasteiger partial charge in [0.2, 0.25) is 5.75 Å². The second-order valence-electron chi connectivity index (χ2n) is 4.37. The van der Waals surface area contributed by atoms with Crippen LogP contribution in [0.2, 0.25) is 0 Å². The van der Waals surface area contributed by atoms with Gasteiger partial charge in [-0.2, -0.15) is 0 Å². The summed E-state index contributed by atoms with van der Waals surface area (Å²) in [6.07, 6.45) is 0. The third-order valence-electron chi connectivity index (χ3n) is 3.08. The number of nitrogen functional groups attached to an aromatic ring is 1. The Morgan fingerprint density at radius 2 is 1.32 bits per heavy atom. The molecule has 0 saturated heterocycles. The molecule has 0 aliphatic rings. The molecular weight excluding hydrogens is 302 g/mol. The molecule has 0 heterocycles. The third kappa shape index (κ3) is 3.33. The van der Waals surface area contributed by atoms with Crippen LogP contribution in [0.3, 0.4) is 0 Å². The first kappa shape index (κ1) is 16.2. The summed E-state index contributed by atoms with van der Waals surface area (Å²) in [4.78, 5) is 1.95. The standard InChI is InChI=1S/C16H19NO4S/c1-18-13-6-5-10(7-12(13)17)22-11-8-14(19-2)16(21-4)15(9-11)20-3/h5-9H,17H2,1-4H3. The van der Waals surface area contributed by atoms with Crippen LogP contribution in [0.4, 0.5) is 5.69 Å². The molecule has 0 unspecified atom stereocenters. The zero-order chi connectivity index (χ0) is 16.1. The topological polar surface area (TPSA) is 62.9 Å². The normalized spacial score (nSPS) is 10.2. The highest BCUT2D eigenvalue weighted by Gasteiger charge is 2.14. The Bertz CT molecular complexity index is 636. The minimum absolute atomic E-state index is 0.573. The molecule has 0 bridgehead atoms. The van der Waals surface area contributed by atoms with Crippen molar-refractivity contribution in [3.8, 4) is 23.0 Å². The van der Waals surface area contributed by atoms with Crippen molar-refractivity contribution in [1.29, 1.82) is 0 Å². The van der Waals surface area contributed by atoms with Crippen LogP contribution in [0.1, 0.15) is 0 Å². The minimum Gasteiger partial charge on any atom is -0.495 e. The first-order valence-corrected chi connectivity index (χ1v) is 7.36. The van der Waals surface area contributed by atoms with Gasteiger partial charge in [-0.15, -0.1) is 0 Å². The Morgan fingerprint density at radius 3 is 1.77 bits per heavy atom. The summed E-state index contributed by atoms with van der Waals surface area (Å²) in [5.74, 6) is 2.47. The highest BCUT2D eigenvalue weighted by molar-refractivity contribution is 7.99. The van der Waals surface area contributed by atoms with Crippen LogP contribution >= 0.6 is 11.8 Å². The Kier molecular flexibility index (Phi) is 5.27. The fraction of sp³-hybridized carbons (Fsp3) is 0.250. The predicted octanol–water partition coefficient (Wildman–Crippen LogP) is 3.45. The summed E-state index contributed by atoms with van der Waals surface area (Å²) in [7, 11) is 6.36. The molecule has 0 aliphatic carbocycles. The van der Waals surface area contributed by atoms with E-state index in [0.29, 0.717) is 28.7 Å². The minimum atomic E-state index is 0.573. The van der Waals surface area contributed by atoms with Gasteiger partial charge in [0.15, 0.2) is 11.5 Å². The Labute approximate surface area is 134 Å². The lowest BCUT2D eigenvalue weighted by atomic mass is 10.3. The Balaban J connectivity index is 2.35. The van der Waals surface area contributed by atoms with E-state index < -0.39 is 0 Å². The maximum Gasteiger partial charge on any atom is 0.203 e. The third-order valence-corrected chi connectivity index (χ3v) is 4.04. The molecule has 0 aliphatic heterocycles. The largest absolute Gasteiger partial charge is 0.495 e. The van der Waals surface area contributed by atoms with Crippen LogP contribution < -0.4 is 24.7 Å². The van der Waals surface area contributed by atoms with Crippen molar-refractivity contribution < 1.29 is 18.9 Å². The molecule has 0 fully saturated rings. The van der Waals surface area contributed by atoms with Gasteiger partial charge in [0.1, 0.15) is 5.75 Å². The molecule has 6 heteroatoms. The average Bonchev–Trinajstić information content (AvgIpc) is 2.54. The fourth-order valence-electron chi connectivity index (χ4n) is 2.03. The molecule has 0 radical (unpaired) electrons. The summed E-state index contributed by atoms with van der Waals surface area (Å²) in [5, 5.41) is 0. The molecule has 0 saturated carbocycles. The molecule has 118 valence electrons. The van der Waals surface area contributed by atoms with Gasteiger partial charge in [-0.3, -0.25) is 0 Å². The smallest absolute Gasteiger partial charge is 0.203 e. The van der Waals surface area contributed by atoms with Crippen molar-refractivity contribution in [3.05, 3.63) is 30.3 Å². The zero-order valence-electron chi connectivity index (χ0n) is 13.0. The Morgan fingerprint density at radius 1 is 0.727 bits per heavy atom. The molecule has 2 aromatic rings. The van der Waals surface area contributed by atoms with Gasteiger partial charge in [-0.05, 0) is 30.3 Å². The van der Waals surface area contributed by atoms with Crippen LogP contribution in [0.5, 0.6) is 23.0 Å². The van der Waals surface area contributed by atoms with E-state index in [4.69, 9.17) is 24.7 Å². The summed E-state index contributed by atoms with van der Waals surface area (Å²) < 4.78 is 21.2. The molecule has 0 amide bonds. The fourth-order valence-corrected chi connectivity index (χ4v) is 2.95. The summed E-state index contributed by atoms with van der Waals surface area (Å²) in [5.41, 5.74) is 6.53. The average molecular weight is 321 g/mol. The van der Waals surface area contributed by atoms with Crippen LogP contribution in [-0.4, -0.2) is 28.4 Å². The van der Waals surface area contributed by atoms with E-state index in [-0.39, 0.29) is 0 Å². The van der Waals surface area contributed by atoms with Gasteiger partial charge in [0.25, 0.3) is 0 Å². The first-order chi connectivity index (χ1) is 10.6. The zero-order valence-corrected chi connectivity index (χ0v) is 13.8. The lowest BCUT2D eigenvalue weighted by molar-refractivity contribution is 0.323. The van der Waals surface area contributed by atoms with E-state index in [1.54, 1.807) is 40.2 Å².